The second-order valence-corrected chi connectivity index (χ2v) is 5.33. The first-order chi connectivity index (χ1) is 7.95. The average molecular weight is 233 g/mol. The van der Waals surface area contributed by atoms with Crippen LogP contribution < -0.4 is 5.73 Å². The van der Waals surface area contributed by atoms with Crippen LogP contribution in [0.4, 0.5) is 0 Å². The van der Waals surface area contributed by atoms with E-state index in [1.807, 2.05) is 24.3 Å². The van der Waals surface area contributed by atoms with E-state index in [0.717, 1.165) is 5.56 Å². The summed E-state index contributed by atoms with van der Waals surface area (Å²) in [6.45, 7) is 4.25. The molecule has 0 unspecified atom stereocenters. The maximum absolute atomic E-state index is 11.4. The highest BCUT2D eigenvalue weighted by atomic mass is 16.4. The van der Waals surface area contributed by atoms with Crippen molar-refractivity contribution in [3.63, 3.8) is 0 Å². The maximum atomic E-state index is 11.4. The van der Waals surface area contributed by atoms with Crippen LogP contribution in [0.2, 0.25) is 0 Å². The van der Waals surface area contributed by atoms with Gasteiger partial charge in [-0.15, -0.1) is 0 Å². The number of carboxylic acids is 1. The van der Waals surface area contributed by atoms with Gasteiger partial charge in [0.05, 0.1) is 5.41 Å². The van der Waals surface area contributed by atoms with E-state index in [9.17, 15) is 9.90 Å². The Hall–Kier alpha value is -1.35. The normalized spacial score (nSPS) is 27.9. The van der Waals surface area contributed by atoms with Gasteiger partial charge in [0, 0.05) is 6.04 Å². The van der Waals surface area contributed by atoms with Crippen molar-refractivity contribution in [2.45, 2.75) is 44.1 Å². The molecule has 0 bridgehead atoms. The number of carbonyl (C=O) groups is 1. The van der Waals surface area contributed by atoms with Gasteiger partial charge in [0.2, 0.25) is 0 Å². The molecule has 1 aliphatic rings. The van der Waals surface area contributed by atoms with Crippen LogP contribution in [0.5, 0.6) is 0 Å². The molecular formula is C14H19NO2. The largest absolute Gasteiger partial charge is 0.481 e. The predicted molar refractivity (Wildman–Crippen MR) is 67.1 cm³/mol. The molecule has 3 N–H and O–H groups in total. The fraction of sp³-hybridized carbons (Fsp3) is 0.500. The zero-order chi connectivity index (χ0) is 12.6. The zero-order valence-corrected chi connectivity index (χ0v) is 10.3. The highest BCUT2D eigenvalue weighted by molar-refractivity contribution is 5.83. The lowest BCUT2D eigenvalue weighted by Crippen LogP contribution is -2.54. The van der Waals surface area contributed by atoms with Gasteiger partial charge in [0.15, 0.2) is 0 Å². The number of nitrogens with two attached hydrogens (primary N) is 1. The zero-order valence-electron chi connectivity index (χ0n) is 10.3. The van der Waals surface area contributed by atoms with E-state index >= 15 is 0 Å². The Morgan fingerprint density at radius 3 is 2.24 bits per heavy atom. The summed E-state index contributed by atoms with van der Waals surface area (Å²) in [5.41, 5.74) is 7.12. The Kier molecular flexibility index (Phi) is 2.96. The minimum absolute atomic E-state index is 0.0240. The van der Waals surface area contributed by atoms with Crippen molar-refractivity contribution >= 4 is 5.97 Å². The summed E-state index contributed by atoms with van der Waals surface area (Å²) in [6.07, 6.45) is 1.09. The smallest absolute Gasteiger partial charge is 0.314 e. The molecule has 1 fully saturated rings. The van der Waals surface area contributed by atoms with Crippen LogP contribution in [-0.2, 0) is 10.2 Å². The first kappa shape index (κ1) is 12.1. The highest BCUT2D eigenvalue weighted by Gasteiger charge is 2.50. The quantitative estimate of drug-likeness (QED) is 0.841. The summed E-state index contributed by atoms with van der Waals surface area (Å²) < 4.78 is 0. The van der Waals surface area contributed by atoms with E-state index in [1.165, 1.54) is 5.56 Å². The highest BCUT2D eigenvalue weighted by Crippen LogP contribution is 2.43. The Bertz CT molecular complexity index is 416. The lowest BCUT2D eigenvalue weighted by atomic mass is 9.62. The van der Waals surface area contributed by atoms with Crippen molar-refractivity contribution in [1.29, 1.82) is 0 Å². The van der Waals surface area contributed by atoms with Crippen LogP contribution in [0.3, 0.4) is 0 Å². The van der Waals surface area contributed by atoms with Gasteiger partial charge in [-0.25, -0.2) is 0 Å². The third-order valence-electron chi connectivity index (χ3n) is 3.76. The van der Waals surface area contributed by atoms with E-state index in [1.54, 1.807) is 0 Å². The second-order valence-electron chi connectivity index (χ2n) is 5.33. The van der Waals surface area contributed by atoms with Crippen molar-refractivity contribution in [1.82, 2.24) is 0 Å². The fourth-order valence-corrected chi connectivity index (χ4v) is 2.56. The van der Waals surface area contributed by atoms with Crippen molar-refractivity contribution in [2.75, 3.05) is 0 Å². The van der Waals surface area contributed by atoms with Gasteiger partial charge in [-0.1, -0.05) is 38.1 Å². The van der Waals surface area contributed by atoms with Crippen LogP contribution in [0, 0.1) is 0 Å². The van der Waals surface area contributed by atoms with Gasteiger partial charge in [0.25, 0.3) is 0 Å². The van der Waals surface area contributed by atoms with Crippen LogP contribution in [0.25, 0.3) is 0 Å². The Morgan fingerprint density at radius 2 is 1.88 bits per heavy atom. The van der Waals surface area contributed by atoms with E-state index < -0.39 is 11.4 Å². The van der Waals surface area contributed by atoms with E-state index in [-0.39, 0.29) is 6.04 Å². The average Bonchev–Trinajstić information content (AvgIpc) is 2.24. The minimum Gasteiger partial charge on any atom is -0.481 e. The molecule has 1 aromatic rings. The van der Waals surface area contributed by atoms with Crippen molar-refractivity contribution in [3.05, 3.63) is 35.4 Å². The summed E-state index contributed by atoms with van der Waals surface area (Å²) >= 11 is 0. The second kappa shape index (κ2) is 4.15. The molecule has 17 heavy (non-hydrogen) atoms. The minimum atomic E-state index is -0.753. The van der Waals surface area contributed by atoms with Crippen LogP contribution in [-0.4, -0.2) is 17.1 Å². The molecule has 0 saturated heterocycles. The Balaban J connectivity index is 2.29. The van der Waals surface area contributed by atoms with E-state index in [0.29, 0.717) is 18.8 Å². The Morgan fingerprint density at radius 1 is 1.35 bits per heavy atom. The van der Waals surface area contributed by atoms with Crippen molar-refractivity contribution < 1.29 is 9.90 Å². The van der Waals surface area contributed by atoms with Crippen LogP contribution in [0.1, 0.15) is 43.7 Å². The number of carboxylic acid groups (broad SMARTS) is 1. The molecule has 0 atom stereocenters. The van der Waals surface area contributed by atoms with Crippen molar-refractivity contribution in [2.24, 2.45) is 5.73 Å². The standard InChI is InChI=1S/C14H19NO2/c1-9(2)10-3-5-11(6-4-10)14(13(16)17)7-12(15)8-14/h3-6,9,12H,7-8,15H2,1-2H3,(H,16,17). The third-order valence-corrected chi connectivity index (χ3v) is 3.76. The molecule has 2 rings (SSSR count). The van der Waals surface area contributed by atoms with E-state index in [4.69, 9.17) is 5.73 Å². The van der Waals surface area contributed by atoms with Gasteiger partial charge >= 0.3 is 5.97 Å². The van der Waals surface area contributed by atoms with Gasteiger partial charge in [-0.05, 0) is 29.9 Å². The van der Waals surface area contributed by atoms with Gasteiger partial charge in [0.1, 0.15) is 0 Å². The maximum Gasteiger partial charge on any atom is 0.314 e. The van der Waals surface area contributed by atoms with Crippen LogP contribution in [0.15, 0.2) is 24.3 Å². The lowest BCUT2D eigenvalue weighted by molar-refractivity contribution is -0.148. The summed E-state index contributed by atoms with van der Waals surface area (Å²) in [5.74, 6) is -0.287. The summed E-state index contributed by atoms with van der Waals surface area (Å²) in [5, 5.41) is 9.38. The molecule has 0 aromatic heterocycles. The molecule has 1 aromatic carbocycles. The number of hydrogen-bond donors (Lipinski definition) is 2. The molecule has 0 aliphatic heterocycles. The number of hydrogen-bond acceptors (Lipinski definition) is 2. The van der Waals surface area contributed by atoms with Crippen LogP contribution >= 0.6 is 0 Å². The summed E-state index contributed by atoms with van der Waals surface area (Å²) in [7, 11) is 0. The molecule has 1 aliphatic carbocycles. The van der Waals surface area contributed by atoms with E-state index in [2.05, 4.69) is 13.8 Å². The number of benzene rings is 1. The molecule has 3 nitrogen and oxygen atoms in total. The summed E-state index contributed by atoms with van der Waals surface area (Å²) in [4.78, 5) is 11.4. The first-order valence-electron chi connectivity index (χ1n) is 6.05. The summed E-state index contributed by atoms with van der Waals surface area (Å²) in [6, 6.07) is 7.95. The molecule has 0 heterocycles. The van der Waals surface area contributed by atoms with Gasteiger partial charge < -0.3 is 10.8 Å². The first-order valence-corrected chi connectivity index (χ1v) is 6.05. The number of aliphatic carboxylic acids is 1. The van der Waals surface area contributed by atoms with Gasteiger partial charge in [-0.2, -0.15) is 0 Å². The molecule has 3 heteroatoms. The fourth-order valence-electron chi connectivity index (χ4n) is 2.56. The molecule has 92 valence electrons. The SMILES string of the molecule is CC(C)c1ccc(C2(C(=O)O)CC(N)C2)cc1. The molecular weight excluding hydrogens is 214 g/mol. The molecule has 1 saturated carbocycles. The predicted octanol–water partition coefficient (Wildman–Crippen LogP) is 2.25. The lowest BCUT2D eigenvalue weighted by Gasteiger charge is -2.43. The Labute approximate surface area is 102 Å². The topological polar surface area (TPSA) is 63.3 Å². The molecule has 0 amide bonds. The molecule has 0 radical (unpaired) electrons. The monoisotopic (exact) mass is 233 g/mol. The van der Waals surface area contributed by atoms with Crippen molar-refractivity contribution in [3.8, 4) is 0 Å². The van der Waals surface area contributed by atoms with Gasteiger partial charge in [-0.3, -0.25) is 4.79 Å². The number of rotatable bonds is 3. The molecule has 0 spiro atoms. The third kappa shape index (κ3) is 1.95.